The number of carbonyl (C=O) groups is 1. The predicted octanol–water partition coefficient (Wildman–Crippen LogP) is 3.36. The van der Waals surface area contributed by atoms with E-state index in [0.717, 1.165) is 5.56 Å². The summed E-state index contributed by atoms with van der Waals surface area (Å²) in [6, 6.07) is 9.43. The van der Waals surface area contributed by atoms with Gasteiger partial charge < -0.3 is 5.32 Å². The van der Waals surface area contributed by atoms with Gasteiger partial charge in [0.05, 0.1) is 11.1 Å². The summed E-state index contributed by atoms with van der Waals surface area (Å²) in [4.78, 5) is 12.4. The first kappa shape index (κ1) is 14.7. The molecular weight excluding hydrogens is 292 g/mol. The molecule has 2 atom stereocenters. The number of hydrogen-bond acceptors (Lipinski definition) is 3. The summed E-state index contributed by atoms with van der Waals surface area (Å²) in [5.74, 6) is -1.09. The monoisotopic (exact) mass is 304 g/mol. The van der Waals surface area contributed by atoms with E-state index in [4.69, 9.17) is 23.8 Å². The Bertz CT molecular complexity index is 660. The zero-order chi connectivity index (χ0) is 14.9. The minimum atomic E-state index is -0.590. The first-order valence-corrected chi connectivity index (χ1v) is 6.92. The molecular formula is C15H13ClN2OS. The van der Waals surface area contributed by atoms with Crippen LogP contribution >= 0.6 is 23.8 Å². The van der Waals surface area contributed by atoms with Gasteiger partial charge in [-0.15, -0.1) is 0 Å². The standard InChI is InChI=1S/C15H13ClN2OS/c1-8-13(9(2)19)14(11(7-17)15(20)18-8)10-5-3-4-6-12(10)16/h3-6,11,14H,1-2H3,(H,18,20). The van der Waals surface area contributed by atoms with Crippen molar-refractivity contribution in [3.63, 3.8) is 0 Å². The number of nitriles is 1. The van der Waals surface area contributed by atoms with E-state index in [9.17, 15) is 10.1 Å². The van der Waals surface area contributed by atoms with E-state index >= 15 is 0 Å². The summed E-state index contributed by atoms with van der Waals surface area (Å²) in [7, 11) is 0. The van der Waals surface area contributed by atoms with E-state index in [1.54, 1.807) is 13.0 Å². The zero-order valence-corrected chi connectivity index (χ0v) is 12.7. The molecule has 0 aliphatic carbocycles. The fourth-order valence-corrected chi connectivity index (χ4v) is 3.15. The number of nitrogens with one attached hydrogen (secondary N) is 1. The third-order valence-corrected chi connectivity index (χ3v) is 4.10. The van der Waals surface area contributed by atoms with E-state index in [1.807, 2.05) is 18.2 Å². The van der Waals surface area contributed by atoms with Gasteiger partial charge in [-0.2, -0.15) is 5.26 Å². The van der Waals surface area contributed by atoms with Gasteiger partial charge in [-0.25, -0.2) is 0 Å². The maximum Gasteiger partial charge on any atom is 0.158 e. The third kappa shape index (κ3) is 2.47. The van der Waals surface area contributed by atoms with Gasteiger partial charge in [-0.1, -0.05) is 42.0 Å². The van der Waals surface area contributed by atoms with Crippen LogP contribution in [0.1, 0.15) is 25.3 Å². The summed E-state index contributed by atoms with van der Waals surface area (Å²) in [5, 5.41) is 12.9. The van der Waals surface area contributed by atoms with Gasteiger partial charge in [-0.3, -0.25) is 4.79 Å². The van der Waals surface area contributed by atoms with Gasteiger partial charge in [0.25, 0.3) is 0 Å². The number of nitrogens with zero attached hydrogens (tertiary/aromatic N) is 1. The molecule has 0 aromatic heterocycles. The van der Waals surface area contributed by atoms with Crippen LogP contribution in [0.2, 0.25) is 5.02 Å². The van der Waals surface area contributed by atoms with Crippen LogP contribution in [-0.2, 0) is 4.79 Å². The highest BCUT2D eigenvalue weighted by molar-refractivity contribution is 7.80. The van der Waals surface area contributed by atoms with Crippen molar-refractivity contribution < 1.29 is 4.79 Å². The molecule has 0 spiro atoms. The fourth-order valence-electron chi connectivity index (χ4n) is 2.56. The minimum absolute atomic E-state index is 0.0809. The smallest absolute Gasteiger partial charge is 0.158 e. The Morgan fingerprint density at radius 1 is 1.45 bits per heavy atom. The molecule has 5 heteroatoms. The lowest BCUT2D eigenvalue weighted by Crippen LogP contribution is -2.39. The van der Waals surface area contributed by atoms with Gasteiger partial charge in [0.15, 0.2) is 5.78 Å². The van der Waals surface area contributed by atoms with E-state index in [1.165, 1.54) is 6.92 Å². The molecule has 3 nitrogen and oxygen atoms in total. The predicted molar refractivity (Wildman–Crippen MR) is 82.4 cm³/mol. The van der Waals surface area contributed by atoms with Gasteiger partial charge >= 0.3 is 0 Å². The Morgan fingerprint density at radius 2 is 2.10 bits per heavy atom. The third-order valence-electron chi connectivity index (χ3n) is 3.40. The van der Waals surface area contributed by atoms with Crippen LogP contribution in [0.3, 0.4) is 0 Å². The molecule has 0 saturated heterocycles. The highest BCUT2D eigenvalue weighted by Crippen LogP contribution is 2.40. The molecule has 0 saturated carbocycles. The Kier molecular flexibility index (Phi) is 4.22. The Morgan fingerprint density at radius 3 is 2.65 bits per heavy atom. The molecule has 102 valence electrons. The normalized spacial score (nSPS) is 22.2. The highest BCUT2D eigenvalue weighted by Gasteiger charge is 2.38. The number of hydrogen-bond donors (Lipinski definition) is 1. The number of rotatable bonds is 2. The molecule has 2 unspecified atom stereocenters. The van der Waals surface area contributed by atoms with Crippen molar-refractivity contribution in [2.75, 3.05) is 0 Å². The van der Waals surface area contributed by atoms with Gasteiger partial charge in [0.2, 0.25) is 0 Å². The van der Waals surface area contributed by atoms with E-state index < -0.39 is 11.8 Å². The van der Waals surface area contributed by atoms with Crippen LogP contribution in [0.4, 0.5) is 0 Å². The first-order valence-electron chi connectivity index (χ1n) is 6.14. The second-order valence-corrected chi connectivity index (χ2v) is 5.54. The number of benzene rings is 1. The molecule has 20 heavy (non-hydrogen) atoms. The molecule has 1 N–H and O–H groups in total. The average molecular weight is 305 g/mol. The number of Topliss-reactive ketones (excluding diaryl/α,β-unsaturated/α-hetero) is 1. The first-order chi connectivity index (χ1) is 9.47. The number of thiocarbonyl (C=S) groups is 1. The lowest BCUT2D eigenvalue weighted by atomic mass is 9.76. The highest BCUT2D eigenvalue weighted by atomic mass is 35.5. The molecule has 0 radical (unpaired) electrons. The van der Waals surface area contributed by atoms with Crippen molar-refractivity contribution in [1.82, 2.24) is 5.32 Å². The fraction of sp³-hybridized carbons (Fsp3) is 0.267. The van der Waals surface area contributed by atoms with Crippen molar-refractivity contribution in [1.29, 1.82) is 5.26 Å². The molecule has 1 heterocycles. The summed E-state index contributed by atoms with van der Waals surface area (Å²) >= 11 is 11.5. The van der Waals surface area contributed by atoms with Gasteiger partial charge in [-0.05, 0) is 25.5 Å². The van der Waals surface area contributed by atoms with Crippen LogP contribution in [-0.4, -0.2) is 10.8 Å². The van der Waals surface area contributed by atoms with E-state index in [2.05, 4.69) is 11.4 Å². The largest absolute Gasteiger partial charge is 0.352 e. The van der Waals surface area contributed by atoms with Crippen LogP contribution < -0.4 is 5.32 Å². The Labute approximate surface area is 128 Å². The number of allylic oxidation sites excluding steroid dienone is 2. The molecule has 1 aromatic carbocycles. The molecule has 2 rings (SSSR count). The molecule has 0 fully saturated rings. The van der Waals surface area contributed by atoms with Crippen LogP contribution in [0, 0.1) is 17.2 Å². The lowest BCUT2D eigenvalue weighted by Gasteiger charge is -2.32. The molecule has 1 aliphatic heterocycles. The SMILES string of the molecule is CC(=O)C1=C(C)NC(=S)C(C#N)C1c1ccccc1Cl. The molecule has 0 amide bonds. The summed E-state index contributed by atoms with van der Waals surface area (Å²) in [5.41, 5.74) is 2.02. The number of ketones is 1. The summed E-state index contributed by atoms with van der Waals surface area (Å²) in [6.45, 7) is 3.29. The van der Waals surface area contributed by atoms with E-state index in [0.29, 0.717) is 21.3 Å². The van der Waals surface area contributed by atoms with E-state index in [-0.39, 0.29) is 5.78 Å². The summed E-state index contributed by atoms with van der Waals surface area (Å²) in [6.07, 6.45) is 0. The maximum atomic E-state index is 12.0. The Balaban J connectivity index is 2.69. The maximum absolute atomic E-state index is 12.0. The van der Waals surface area contributed by atoms with Crippen molar-refractivity contribution in [3.8, 4) is 6.07 Å². The van der Waals surface area contributed by atoms with Crippen LogP contribution in [0.25, 0.3) is 0 Å². The quantitative estimate of drug-likeness (QED) is 0.851. The molecule has 1 aromatic rings. The molecule has 0 bridgehead atoms. The topological polar surface area (TPSA) is 52.9 Å². The molecule has 1 aliphatic rings. The van der Waals surface area contributed by atoms with Crippen molar-refractivity contribution in [2.24, 2.45) is 5.92 Å². The number of carbonyl (C=O) groups excluding carboxylic acids is 1. The van der Waals surface area contributed by atoms with Gasteiger partial charge in [0.1, 0.15) is 5.92 Å². The van der Waals surface area contributed by atoms with Crippen LogP contribution in [0.5, 0.6) is 0 Å². The average Bonchev–Trinajstić information content (AvgIpc) is 2.38. The Hall–Kier alpha value is -1.70. The second-order valence-electron chi connectivity index (χ2n) is 4.69. The van der Waals surface area contributed by atoms with Crippen LogP contribution in [0.15, 0.2) is 35.5 Å². The summed E-state index contributed by atoms with van der Waals surface area (Å²) < 4.78 is 0. The zero-order valence-electron chi connectivity index (χ0n) is 11.1. The van der Waals surface area contributed by atoms with Gasteiger partial charge in [0, 0.05) is 22.2 Å². The van der Waals surface area contributed by atoms with Crippen molar-refractivity contribution in [3.05, 3.63) is 46.1 Å². The lowest BCUT2D eigenvalue weighted by molar-refractivity contribution is -0.114. The second kappa shape index (κ2) is 5.74. The van der Waals surface area contributed by atoms with Crippen molar-refractivity contribution in [2.45, 2.75) is 19.8 Å². The number of halogens is 1. The van der Waals surface area contributed by atoms with Crippen molar-refractivity contribution >= 4 is 34.6 Å². The minimum Gasteiger partial charge on any atom is -0.352 e.